The van der Waals surface area contributed by atoms with Gasteiger partial charge >= 0.3 is 0 Å². The quantitative estimate of drug-likeness (QED) is 0.845. The van der Waals surface area contributed by atoms with E-state index in [-0.39, 0.29) is 5.82 Å². The number of hydrogen-bond donors (Lipinski definition) is 1. The number of anilines is 1. The van der Waals surface area contributed by atoms with E-state index in [2.05, 4.69) is 5.32 Å². The summed E-state index contributed by atoms with van der Waals surface area (Å²) in [7, 11) is 0. The van der Waals surface area contributed by atoms with Crippen molar-refractivity contribution < 1.29 is 4.39 Å². The lowest BCUT2D eigenvalue weighted by molar-refractivity contribution is -0.0444. The van der Waals surface area contributed by atoms with Crippen molar-refractivity contribution in [2.45, 2.75) is 38.5 Å². The van der Waals surface area contributed by atoms with E-state index < -0.39 is 0 Å². The van der Waals surface area contributed by atoms with Gasteiger partial charge in [0.25, 0.3) is 0 Å². The Labute approximate surface area is 114 Å². The van der Waals surface area contributed by atoms with Gasteiger partial charge in [-0.3, -0.25) is 0 Å². The first-order valence-corrected chi connectivity index (χ1v) is 7.70. The van der Waals surface area contributed by atoms with E-state index in [9.17, 15) is 4.39 Å². The van der Waals surface area contributed by atoms with Crippen molar-refractivity contribution in [1.82, 2.24) is 0 Å². The van der Waals surface area contributed by atoms with Gasteiger partial charge in [-0.2, -0.15) is 0 Å². The van der Waals surface area contributed by atoms with Crippen LogP contribution in [0.3, 0.4) is 0 Å². The van der Waals surface area contributed by atoms with Crippen LogP contribution in [0.2, 0.25) is 0 Å². The summed E-state index contributed by atoms with van der Waals surface area (Å²) in [5.41, 5.74) is 1.61. The summed E-state index contributed by atoms with van der Waals surface area (Å²) in [6.07, 6.45) is 8.76. The highest BCUT2D eigenvalue weighted by atomic mass is 19.1. The van der Waals surface area contributed by atoms with E-state index in [0.29, 0.717) is 5.41 Å². The highest BCUT2D eigenvalue weighted by Gasteiger charge is 2.50. The molecule has 0 aromatic heterocycles. The third-order valence-corrected chi connectivity index (χ3v) is 5.68. The highest BCUT2D eigenvalue weighted by Crippen LogP contribution is 2.59. The van der Waals surface area contributed by atoms with Crippen molar-refractivity contribution in [2.24, 2.45) is 23.2 Å². The Hall–Kier alpha value is -1.05. The minimum atomic E-state index is -0.152. The molecule has 19 heavy (non-hydrogen) atoms. The van der Waals surface area contributed by atoms with Crippen LogP contribution < -0.4 is 5.32 Å². The Bertz CT molecular complexity index is 429. The summed E-state index contributed by atoms with van der Waals surface area (Å²) in [5.74, 6) is 2.85. The summed E-state index contributed by atoms with van der Waals surface area (Å²) in [5, 5.41) is 3.56. The molecule has 0 amide bonds. The van der Waals surface area contributed by atoms with Crippen molar-refractivity contribution in [3.63, 3.8) is 0 Å². The van der Waals surface area contributed by atoms with Crippen LogP contribution in [0, 0.1) is 29.0 Å². The molecule has 1 aromatic rings. The molecule has 0 saturated heterocycles. The van der Waals surface area contributed by atoms with Gasteiger partial charge in [0, 0.05) is 12.2 Å². The Balaban J connectivity index is 1.46. The molecular formula is C17H22FN. The predicted molar refractivity (Wildman–Crippen MR) is 75.5 cm³/mol. The minimum absolute atomic E-state index is 0.152. The van der Waals surface area contributed by atoms with Gasteiger partial charge in [-0.05, 0) is 86.0 Å². The van der Waals surface area contributed by atoms with Crippen LogP contribution in [0.25, 0.3) is 0 Å². The number of hydrogen-bond acceptors (Lipinski definition) is 1. The molecule has 1 aromatic carbocycles. The zero-order valence-electron chi connectivity index (χ0n) is 11.4. The monoisotopic (exact) mass is 259 g/mol. The standard InChI is InChI=1S/C17H22FN/c18-15-1-3-16(4-2-15)19-11-17-8-12-5-13(9-17)7-14(6-12)10-17/h1-4,12-14,19H,5-11H2. The van der Waals surface area contributed by atoms with Crippen LogP contribution in [0.1, 0.15) is 38.5 Å². The smallest absolute Gasteiger partial charge is 0.123 e. The summed E-state index contributed by atoms with van der Waals surface area (Å²) >= 11 is 0. The predicted octanol–water partition coefficient (Wildman–Crippen LogP) is 4.45. The SMILES string of the molecule is Fc1ccc(NCC23CC4CC(CC(C4)C2)C3)cc1. The zero-order chi connectivity index (χ0) is 12.9. The van der Waals surface area contributed by atoms with Gasteiger partial charge in [0.05, 0.1) is 0 Å². The fraction of sp³-hybridized carbons (Fsp3) is 0.647. The molecule has 4 bridgehead atoms. The van der Waals surface area contributed by atoms with Crippen LogP contribution in [0.15, 0.2) is 24.3 Å². The van der Waals surface area contributed by atoms with Crippen LogP contribution in [-0.2, 0) is 0 Å². The average Bonchev–Trinajstić information content (AvgIpc) is 2.36. The Morgan fingerprint density at radius 3 is 2.00 bits per heavy atom. The molecule has 0 aliphatic heterocycles. The second-order valence-corrected chi connectivity index (χ2v) is 7.28. The zero-order valence-corrected chi connectivity index (χ0v) is 11.4. The normalized spacial score (nSPS) is 39.5. The maximum absolute atomic E-state index is 12.9. The van der Waals surface area contributed by atoms with E-state index in [4.69, 9.17) is 0 Å². The van der Waals surface area contributed by atoms with Gasteiger partial charge in [-0.25, -0.2) is 4.39 Å². The van der Waals surface area contributed by atoms with Crippen LogP contribution in [-0.4, -0.2) is 6.54 Å². The first kappa shape index (κ1) is 11.7. The lowest BCUT2D eigenvalue weighted by Crippen LogP contribution is -2.49. The molecule has 4 aliphatic carbocycles. The molecule has 0 radical (unpaired) electrons. The first-order valence-electron chi connectivity index (χ1n) is 7.70. The van der Waals surface area contributed by atoms with Gasteiger partial charge in [-0.15, -0.1) is 0 Å². The number of halogens is 1. The van der Waals surface area contributed by atoms with E-state index in [1.54, 1.807) is 12.1 Å². The Kier molecular flexibility index (Phi) is 2.61. The molecule has 102 valence electrons. The van der Waals surface area contributed by atoms with Gasteiger partial charge in [0.1, 0.15) is 5.82 Å². The fourth-order valence-corrected chi connectivity index (χ4v) is 5.36. The molecule has 4 saturated carbocycles. The molecule has 0 heterocycles. The van der Waals surface area contributed by atoms with E-state index >= 15 is 0 Å². The summed E-state index contributed by atoms with van der Waals surface area (Å²) < 4.78 is 12.9. The largest absolute Gasteiger partial charge is 0.384 e. The van der Waals surface area contributed by atoms with Crippen molar-refractivity contribution >= 4 is 5.69 Å². The minimum Gasteiger partial charge on any atom is -0.384 e. The molecule has 4 fully saturated rings. The van der Waals surface area contributed by atoms with Crippen LogP contribution in [0.4, 0.5) is 10.1 Å². The van der Waals surface area contributed by atoms with Gasteiger partial charge < -0.3 is 5.32 Å². The molecule has 0 spiro atoms. The van der Waals surface area contributed by atoms with Gasteiger partial charge in [0.15, 0.2) is 0 Å². The maximum Gasteiger partial charge on any atom is 0.123 e. The maximum atomic E-state index is 12.9. The van der Waals surface area contributed by atoms with Crippen LogP contribution >= 0.6 is 0 Å². The van der Waals surface area contributed by atoms with Gasteiger partial charge in [0.2, 0.25) is 0 Å². The Morgan fingerprint density at radius 2 is 1.47 bits per heavy atom. The lowest BCUT2D eigenvalue weighted by Gasteiger charge is -2.57. The third-order valence-electron chi connectivity index (χ3n) is 5.68. The van der Waals surface area contributed by atoms with E-state index in [1.165, 1.54) is 38.5 Å². The van der Waals surface area contributed by atoms with E-state index in [1.807, 2.05) is 12.1 Å². The average molecular weight is 259 g/mol. The van der Waals surface area contributed by atoms with Crippen LogP contribution in [0.5, 0.6) is 0 Å². The second kappa shape index (κ2) is 4.22. The molecular weight excluding hydrogens is 237 g/mol. The van der Waals surface area contributed by atoms with Crippen molar-refractivity contribution in [1.29, 1.82) is 0 Å². The van der Waals surface area contributed by atoms with Gasteiger partial charge in [-0.1, -0.05) is 0 Å². The molecule has 0 unspecified atom stereocenters. The second-order valence-electron chi connectivity index (χ2n) is 7.28. The molecule has 1 N–H and O–H groups in total. The molecule has 4 aliphatic rings. The lowest BCUT2D eigenvalue weighted by atomic mass is 9.49. The molecule has 5 rings (SSSR count). The summed E-state index contributed by atoms with van der Waals surface area (Å²) in [4.78, 5) is 0. The molecule has 2 heteroatoms. The topological polar surface area (TPSA) is 12.0 Å². The highest BCUT2D eigenvalue weighted by molar-refractivity contribution is 5.43. The Morgan fingerprint density at radius 1 is 0.947 bits per heavy atom. The number of benzene rings is 1. The first-order chi connectivity index (χ1) is 9.21. The van der Waals surface area contributed by atoms with Crippen molar-refractivity contribution in [3.8, 4) is 0 Å². The number of rotatable bonds is 3. The van der Waals surface area contributed by atoms with Crippen molar-refractivity contribution in [2.75, 3.05) is 11.9 Å². The summed E-state index contributed by atoms with van der Waals surface area (Å²) in [6.45, 7) is 1.09. The molecule has 1 nitrogen and oxygen atoms in total. The summed E-state index contributed by atoms with van der Waals surface area (Å²) in [6, 6.07) is 6.80. The van der Waals surface area contributed by atoms with Crippen molar-refractivity contribution in [3.05, 3.63) is 30.1 Å². The number of nitrogens with one attached hydrogen (secondary N) is 1. The molecule has 0 atom stereocenters. The van der Waals surface area contributed by atoms with E-state index in [0.717, 1.165) is 30.0 Å². The third kappa shape index (κ3) is 2.15. The fourth-order valence-electron chi connectivity index (χ4n) is 5.36.